The number of aryl methyl sites for hydroxylation is 1. The van der Waals surface area contributed by atoms with Gasteiger partial charge >= 0.3 is 0 Å². The minimum atomic E-state index is -0.381. The highest BCUT2D eigenvalue weighted by molar-refractivity contribution is 6.30. The fourth-order valence-corrected chi connectivity index (χ4v) is 2.81. The first-order valence-corrected chi connectivity index (χ1v) is 8.31. The normalized spacial score (nSPS) is 10.8. The number of nitrogens with zero attached hydrogens (tertiary/aromatic N) is 3. The van der Waals surface area contributed by atoms with E-state index in [2.05, 4.69) is 10.4 Å². The van der Waals surface area contributed by atoms with Gasteiger partial charge in [0.15, 0.2) is 5.82 Å². The van der Waals surface area contributed by atoms with E-state index in [1.54, 1.807) is 36.0 Å². The molecule has 2 aromatic heterocycles. The molecule has 0 fully saturated rings. The summed E-state index contributed by atoms with van der Waals surface area (Å²) in [6.07, 6.45) is 1.47. The molecule has 0 spiro atoms. The molecule has 3 rings (SSSR count). The van der Waals surface area contributed by atoms with Crippen LogP contribution in [0.1, 0.15) is 21.6 Å². The number of amides is 1. The van der Waals surface area contributed by atoms with E-state index in [0.717, 1.165) is 11.3 Å². The lowest BCUT2D eigenvalue weighted by Crippen LogP contribution is -2.21. The molecule has 3 aromatic rings. The number of carbonyl (C=O) groups is 1. The summed E-state index contributed by atoms with van der Waals surface area (Å²) < 4.78 is 3.03. The maximum absolute atomic E-state index is 12.6. The topological polar surface area (TPSA) is 94.9 Å². The van der Waals surface area contributed by atoms with Crippen molar-refractivity contribution in [3.05, 3.63) is 74.8 Å². The van der Waals surface area contributed by atoms with E-state index in [4.69, 9.17) is 17.3 Å². The predicted molar refractivity (Wildman–Crippen MR) is 101 cm³/mol. The molecule has 1 aromatic carbocycles. The van der Waals surface area contributed by atoms with Crippen LogP contribution in [-0.4, -0.2) is 20.3 Å². The maximum Gasteiger partial charge on any atom is 0.258 e. The second-order valence-electron chi connectivity index (χ2n) is 5.80. The van der Waals surface area contributed by atoms with E-state index >= 15 is 0 Å². The van der Waals surface area contributed by atoms with Gasteiger partial charge in [-0.1, -0.05) is 17.7 Å². The highest BCUT2D eigenvalue weighted by atomic mass is 35.5. The minimum absolute atomic E-state index is 0.261. The molecular weight excluding hydrogens is 354 g/mol. The molecule has 0 unspecified atom stereocenters. The van der Waals surface area contributed by atoms with Gasteiger partial charge < -0.3 is 11.1 Å². The number of rotatable bonds is 4. The van der Waals surface area contributed by atoms with Crippen LogP contribution in [0.25, 0.3) is 5.69 Å². The van der Waals surface area contributed by atoms with Gasteiger partial charge in [-0.15, -0.1) is 0 Å². The monoisotopic (exact) mass is 371 g/mol. The van der Waals surface area contributed by atoms with Gasteiger partial charge in [-0.2, -0.15) is 5.10 Å². The van der Waals surface area contributed by atoms with Crippen LogP contribution < -0.4 is 16.6 Å². The Morgan fingerprint density at radius 3 is 2.77 bits per heavy atom. The maximum atomic E-state index is 12.6. The quantitative estimate of drug-likeness (QED) is 0.735. The van der Waals surface area contributed by atoms with Crippen LogP contribution in [0.15, 0.2) is 47.4 Å². The number of carbonyl (C=O) groups excluding carboxylic acids is 1. The largest absolute Gasteiger partial charge is 0.326 e. The summed E-state index contributed by atoms with van der Waals surface area (Å²) in [6.45, 7) is 2.14. The third-order valence-corrected chi connectivity index (χ3v) is 4.39. The zero-order valence-corrected chi connectivity index (χ0v) is 15.1. The Labute approximate surface area is 155 Å². The number of hydrogen-bond donors (Lipinski definition) is 2. The Balaban J connectivity index is 1.95. The first-order chi connectivity index (χ1) is 12.4. The Bertz CT molecular complexity index is 1040. The van der Waals surface area contributed by atoms with Crippen molar-refractivity contribution in [1.29, 1.82) is 0 Å². The van der Waals surface area contributed by atoms with Gasteiger partial charge in [-0.25, -0.2) is 0 Å². The highest BCUT2D eigenvalue weighted by Gasteiger charge is 2.16. The third kappa shape index (κ3) is 3.40. The number of benzene rings is 1. The molecule has 26 heavy (non-hydrogen) atoms. The molecular formula is C18H18ClN5O2. The average molecular weight is 372 g/mol. The lowest BCUT2D eigenvalue weighted by Gasteiger charge is -2.09. The molecule has 0 aliphatic rings. The molecule has 2 heterocycles. The summed E-state index contributed by atoms with van der Waals surface area (Å²) in [6, 6.07) is 9.65. The molecule has 0 aliphatic carbocycles. The second-order valence-corrected chi connectivity index (χ2v) is 6.24. The fraction of sp³-hybridized carbons (Fsp3) is 0.167. The Hall–Kier alpha value is -2.90. The van der Waals surface area contributed by atoms with Gasteiger partial charge in [-0.05, 0) is 31.2 Å². The van der Waals surface area contributed by atoms with Crippen LogP contribution in [0.5, 0.6) is 0 Å². The Morgan fingerprint density at radius 2 is 2.08 bits per heavy atom. The third-order valence-electron chi connectivity index (χ3n) is 4.15. The number of nitrogens with two attached hydrogens (primary N) is 1. The molecule has 8 heteroatoms. The molecule has 134 valence electrons. The van der Waals surface area contributed by atoms with Crippen molar-refractivity contribution in [3.8, 4) is 5.69 Å². The van der Waals surface area contributed by atoms with Crippen LogP contribution in [-0.2, 0) is 13.6 Å². The van der Waals surface area contributed by atoms with Crippen LogP contribution in [0.2, 0.25) is 5.02 Å². The molecule has 0 aliphatic heterocycles. The lowest BCUT2D eigenvalue weighted by molar-refractivity contribution is 0.102. The molecule has 0 radical (unpaired) electrons. The highest BCUT2D eigenvalue weighted by Crippen LogP contribution is 2.18. The molecule has 0 saturated heterocycles. The van der Waals surface area contributed by atoms with E-state index in [1.165, 1.54) is 22.9 Å². The molecule has 0 bridgehead atoms. The molecule has 1 amide bonds. The summed E-state index contributed by atoms with van der Waals surface area (Å²) >= 11 is 5.99. The lowest BCUT2D eigenvalue weighted by atomic mass is 10.2. The van der Waals surface area contributed by atoms with Crippen LogP contribution in [0, 0.1) is 6.92 Å². The van der Waals surface area contributed by atoms with Crippen molar-refractivity contribution in [2.75, 3.05) is 5.32 Å². The van der Waals surface area contributed by atoms with Gasteiger partial charge in [0.2, 0.25) is 0 Å². The van der Waals surface area contributed by atoms with E-state index < -0.39 is 0 Å². The van der Waals surface area contributed by atoms with Crippen molar-refractivity contribution in [2.24, 2.45) is 12.8 Å². The first kappa shape index (κ1) is 17.9. The van der Waals surface area contributed by atoms with Gasteiger partial charge in [0.25, 0.3) is 11.5 Å². The minimum Gasteiger partial charge on any atom is -0.326 e. The fourth-order valence-electron chi connectivity index (χ4n) is 2.63. The number of pyridine rings is 1. The number of aromatic nitrogens is 3. The molecule has 7 nitrogen and oxygen atoms in total. The number of anilines is 1. The standard InChI is InChI=1S/C18H18ClN5O2/c1-11-15(9-20)17(22-23(11)2)21-18(26)12-6-7-16(25)24(10-12)14-5-3-4-13(19)8-14/h3-8,10H,9,20H2,1-2H3,(H,21,22,26). The SMILES string of the molecule is Cc1c(CN)c(NC(=O)c2ccc(=O)n(-c3cccc(Cl)c3)c2)nn1C. The van der Waals surface area contributed by atoms with E-state index in [1.807, 2.05) is 6.92 Å². The van der Waals surface area contributed by atoms with Crippen molar-refractivity contribution in [2.45, 2.75) is 13.5 Å². The van der Waals surface area contributed by atoms with Crippen LogP contribution in [0.4, 0.5) is 5.82 Å². The van der Waals surface area contributed by atoms with E-state index in [9.17, 15) is 9.59 Å². The summed E-state index contributed by atoms with van der Waals surface area (Å²) in [5, 5.41) is 7.53. The number of nitrogens with one attached hydrogen (secondary N) is 1. The average Bonchev–Trinajstić information content (AvgIpc) is 2.88. The van der Waals surface area contributed by atoms with Crippen molar-refractivity contribution < 1.29 is 4.79 Å². The molecule has 0 saturated carbocycles. The van der Waals surface area contributed by atoms with Gasteiger partial charge in [-0.3, -0.25) is 18.8 Å². The Kier molecular flexibility index (Phi) is 4.92. The van der Waals surface area contributed by atoms with E-state index in [0.29, 0.717) is 22.1 Å². The smallest absolute Gasteiger partial charge is 0.258 e. The van der Waals surface area contributed by atoms with Gasteiger partial charge in [0.1, 0.15) is 0 Å². The zero-order chi connectivity index (χ0) is 18.8. The first-order valence-electron chi connectivity index (χ1n) is 7.93. The number of halogens is 1. The van der Waals surface area contributed by atoms with Gasteiger partial charge in [0, 0.05) is 42.1 Å². The van der Waals surface area contributed by atoms with Gasteiger partial charge in [0.05, 0.1) is 11.3 Å². The Morgan fingerprint density at radius 1 is 1.31 bits per heavy atom. The molecule has 3 N–H and O–H groups in total. The van der Waals surface area contributed by atoms with E-state index in [-0.39, 0.29) is 18.0 Å². The second kappa shape index (κ2) is 7.15. The van der Waals surface area contributed by atoms with Crippen molar-refractivity contribution in [1.82, 2.24) is 14.3 Å². The zero-order valence-electron chi connectivity index (χ0n) is 14.4. The summed E-state index contributed by atoms with van der Waals surface area (Å²) in [4.78, 5) is 24.8. The van der Waals surface area contributed by atoms with Crippen molar-refractivity contribution >= 4 is 23.3 Å². The summed E-state index contributed by atoms with van der Waals surface area (Å²) in [5.74, 6) is 0.0339. The predicted octanol–water partition coefficient (Wildman–Crippen LogP) is 2.24. The molecule has 0 atom stereocenters. The summed E-state index contributed by atoms with van der Waals surface area (Å²) in [5.41, 5.74) is 8.03. The van der Waals surface area contributed by atoms with Crippen LogP contribution in [0.3, 0.4) is 0 Å². The number of hydrogen-bond acceptors (Lipinski definition) is 4. The summed E-state index contributed by atoms with van der Waals surface area (Å²) in [7, 11) is 1.78. The van der Waals surface area contributed by atoms with Crippen LogP contribution >= 0.6 is 11.6 Å². The van der Waals surface area contributed by atoms with Crippen molar-refractivity contribution in [3.63, 3.8) is 0 Å².